The first-order valence-corrected chi connectivity index (χ1v) is 10.7. The fourth-order valence-corrected chi connectivity index (χ4v) is 3.43. The van der Waals surface area contributed by atoms with Crippen molar-refractivity contribution < 1.29 is 13.6 Å². The summed E-state index contributed by atoms with van der Waals surface area (Å²) in [5, 5.41) is 14.4. The molecule has 0 radical (unpaired) electrons. The number of aromatic nitrogens is 3. The third-order valence-corrected chi connectivity index (χ3v) is 5.42. The van der Waals surface area contributed by atoms with Gasteiger partial charge in [0, 0.05) is 6.07 Å². The van der Waals surface area contributed by atoms with Gasteiger partial charge in [0.1, 0.15) is 23.9 Å². The molecule has 4 aromatic rings. The molecule has 3 aromatic heterocycles. The van der Waals surface area contributed by atoms with Crippen LogP contribution in [-0.2, 0) is 6.61 Å². The summed E-state index contributed by atoms with van der Waals surface area (Å²) in [6.45, 7) is 2.28. The van der Waals surface area contributed by atoms with Crippen LogP contribution in [0, 0.1) is 0 Å². The van der Waals surface area contributed by atoms with Crippen molar-refractivity contribution in [3.05, 3.63) is 70.3 Å². The monoisotopic (exact) mass is 462 g/mol. The molecule has 154 valence electrons. The van der Waals surface area contributed by atoms with Gasteiger partial charge in [0.2, 0.25) is 11.0 Å². The maximum Gasteiger partial charge on any atom is 0.221 e. The third-order valence-electron chi connectivity index (χ3n) is 3.88. The first-order valence-electron chi connectivity index (χ1n) is 8.97. The Labute approximate surface area is 186 Å². The molecular weight excluding hydrogens is 447 g/mol. The predicted molar refractivity (Wildman–Crippen MR) is 117 cm³/mol. The second-order valence-corrected chi connectivity index (χ2v) is 7.99. The molecule has 3 heterocycles. The van der Waals surface area contributed by atoms with Gasteiger partial charge >= 0.3 is 0 Å². The molecule has 0 N–H and O–H groups in total. The maximum absolute atomic E-state index is 6.00. The summed E-state index contributed by atoms with van der Waals surface area (Å²) >= 11 is 13.4. The van der Waals surface area contributed by atoms with Crippen LogP contribution in [0.3, 0.4) is 0 Å². The van der Waals surface area contributed by atoms with Crippen LogP contribution in [0.25, 0.3) is 11.6 Å². The molecule has 0 atom stereocenters. The summed E-state index contributed by atoms with van der Waals surface area (Å²) in [6.07, 6.45) is 3.18. The van der Waals surface area contributed by atoms with Crippen LogP contribution < -0.4 is 4.74 Å². The number of hydrogen-bond acceptors (Lipinski definition) is 7. The Bertz CT molecular complexity index is 1150. The van der Waals surface area contributed by atoms with E-state index in [9.17, 15) is 0 Å². The molecule has 0 amide bonds. The lowest BCUT2D eigenvalue weighted by atomic mass is 10.3. The molecule has 1 aromatic carbocycles. The molecule has 4 rings (SSSR count). The minimum absolute atomic E-state index is 0.243. The Morgan fingerprint density at radius 3 is 2.83 bits per heavy atom. The number of rotatable bonds is 8. The van der Waals surface area contributed by atoms with Gasteiger partial charge in [0.05, 0.1) is 22.5 Å². The zero-order valence-electron chi connectivity index (χ0n) is 15.8. The Kier molecular flexibility index (Phi) is 6.47. The highest BCUT2D eigenvalue weighted by molar-refractivity contribution is 7.99. The van der Waals surface area contributed by atoms with Gasteiger partial charge in [-0.15, -0.1) is 10.2 Å². The van der Waals surface area contributed by atoms with Crippen molar-refractivity contribution in [3.63, 3.8) is 0 Å². The van der Waals surface area contributed by atoms with E-state index in [1.165, 1.54) is 11.8 Å². The number of nitrogens with zero attached hydrogens (tertiary/aromatic N) is 4. The van der Waals surface area contributed by atoms with Crippen molar-refractivity contribution >= 4 is 41.2 Å². The van der Waals surface area contributed by atoms with Gasteiger partial charge in [-0.05, 0) is 42.2 Å². The van der Waals surface area contributed by atoms with Gasteiger partial charge in [-0.3, -0.25) is 0 Å². The standard InChI is InChI=1S/C20H16Cl2N4O3S/c1-2-30-20-25-24-19(18-4-3-9-27-18)26(20)23-11-14-5-6-15(29-14)12-28-13-7-8-16(21)17(22)10-13/h3-11H,2,12H2,1H3/b23-11+. The van der Waals surface area contributed by atoms with E-state index >= 15 is 0 Å². The Hall–Kier alpha value is -2.68. The van der Waals surface area contributed by atoms with Gasteiger partial charge in [-0.25, -0.2) is 0 Å². The van der Waals surface area contributed by atoms with E-state index < -0.39 is 0 Å². The molecule has 0 saturated carbocycles. The van der Waals surface area contributed by atoms with Crippen LogP contribution in [0.4, 0.5) is 0 Å². The summed E-state index contributed by atoms with van der Waals surface area (Å²) in [7, 11) is 0. The van der Waals surface area contributed by atoms with Crippen LogP contribution in [-0.4, -0.2) is 26.8 Å². The van der Waals surface area contributed by atoms with Crippen LogP contribution in [0.2, 0.25) is 10.0 Å². The number of thioether (sulfide) groups is 1. The predicted octanol–water partition coefficient (Wildman–Crippen LogP) is 6.01. The fourth-order valence-electron chi connectivity index (χ4n) is 2.53. The molecule has 10 heteroatoms. The number of hydrogen-bond donors (Lipinski definition) is 0. The van der Waals surface area contributed by atoms with Crippen molar-refractivity contribution in [2.75, 3.05) is 5.75 Å². The lowest BCUT2D eigenvalue weighted by molar-refractivity contribution is 0.270. The van der Waals surface area contributed by atoms with E-state index in [0.29, 0.717) is 44.1 Å². The Morgan fingerprint density at radius 2 is 2.07 bits per heavy atom. The number of benzene rings is 1. The first kappa shape index (κ1) is 20.6. The molecule has 0 aliphatic rings. The topological polar surface area (TPSA) is 78.6 Å². The summed E-state index contributed by atoms with van der Waals surface area (Å²) in [5.74, 6) is 3.74. The largest absolute Gasteiger partial charge is 0.486 e. The SMILES string of the molecule is CCSc1nnc(-c2ccco2)n1/N=C/c1ccc(COc2ccc(Cl)c(Cl)c2)o1. The van der Waals surface area contributed by atoms with Crippen LogP contribution in [0.1, 0.15) is 18.4 Å². The van der Waals surface area contributed by atoms with Crippen LogP contribution in [0.15, 0.2) is 67.8 Å². The molecule has 0 saturated heterocycles. The van der Waals surface area contributed by atoms with Crippen LogP contribution >= 0.6 is 35.0 Å². The fraction of sp³-hybridized carbons (Fsp3) is 0.150. The molecule has 0 aliphatic carbocycles. The number of ether oxygens (including phenoxy) is 1. The van der Waals surface area contributed by atoms with Gasteiger partial charge in [0.15, 0.2) is 5.76 Å². The van der Waals surface area contributed by atoms with Crippen LogP contribution in [0.5, 0.6) is 5.75 Å². The zero-order chi connectivity index (χ0) is 20.9. The smallest absolute Gasteiger partial charge is 0.221 e. The molecule has 0 bridgehead atoms. The Balaban J connectivity index is 1.48. The minimum Gasteiger partial charge on any atom is -0.486 e. The molecule has 0 fully saturated rings. The summed E-state index contributed by atoms with van der Waals surface area (Å²) < 4.78 is 18.5. The van der Waals surface area contributed by atoms with Crippen molar-refractivity contribution in [3.8, 4) is 17.3 Å². The van der Waals surface area contributed by atoms with E-state index in [0.717, 1.165) is 5.75 Å². The average Bonchev–Trinajstić information content (AvgIpc) is 3.48. The van der Waals surface area contributed by atoms with Crippen molar-refractivity contribution in [2.45, 2.75) is 18.7 Å². The lowest BCUT2D eigenvalue weighted by Gasteiger charge is -2.05. The average molecular weight is 463 g/mol. The number of halogens is 2. The highest BCUT2D eigenvalue weighted by Crippen LogP contribution is 2.27. The molecule has 7 nitrogen and oxygen atoms in total. The van der Waals surface area contributed by atoms with E-state index in [1.54, 1.807) is 47.5 Å². The molecule has 30 heavy (non-hydrogen) atoms. The second-order valence-electron chi connectivity index (χ2n) is 5.94. The third kappa shape index (κ3) is 4.72. The van der Waals surface area contributed by atoms with E-state index in [2.05, 4.69) is 15.3 Å². The zero-order valence-corrected chi connectivity index (χ0v) is 18.1. The van der Waals surface area contributed by atoms with E-state index in [4.69, 9.17) is 36.8 Å². The normalized spacial score (nSPS) is 11.4. The summed E-state index contributed by atoms with van der Waals surface area (Å²) in [4.78, 5) is 0. The second kappa shape index (κ2) is 9.42. The maximum atomic E-state index is 6.00. The quantitative estimate of drug-likeness (QED) is 0.235. The summed E-state index contributed by atoms with van der Waals surface area (Å²) in [6, 6.07) is 12.3. The van der Waals surface area contributed by atoms with Gasteiger partial charge < -0.3 is 13.6 Å². The van der Waals surface area contributed by atoms with Gasteiger partial charge in [-0.1, -0.05) is 41.9 Å². The van der Waals surface area contributed by atoms with Crippen molar-refractivity contribution in [2.24, 2.45) is 5.10 Å². The first-order chi connectivity index (χ1) is 14.6. The van der Waals surface area contributed by atoms with Crippen molar-refractivity contribution in [1.82, 2.24) is 14.9 Å². The van der Waals surface area contributed by atoms with Gasteiger partial charge in [0.25, 0.3) is 0 Å². The van der Waals surface area contributed by atoms with Gasteiger partial charge in [-0.2, -0.15) is 9.78 Å². The van der Waals surface area contributed by atoms with E-state index in [-0.39, 0.29) is 6.61 Å². The molecule has 0 unspecified atom stereocenters. The Morgan fingerprint density at radius 1 is 1.17 bits per heavy atom. The highest BCUT2D eigenvalue weighted by Gasteiger charge is 2.15. The van der Waals surface area contributed by atoms with Crippen molar-refractivity contribution in [1.29, 1.82) is 0 Å². The summed E-state index contributed by atoms with van der Waals surface area (Å²) in [5.41, 5.74) is 0. The minimum atomic E-state index is 0.243. The lowest BCUT2D eigenvalue weighted by Crippen LogP contribution is -1.96. The molecular formula is C20H16Cl2N4O3S. The highest BCUT2D eigenvalue weighted by atomic mass is 35.5. The number of furan rings is 2. The van der Waals surface area contributed by atoms with E-state index in [1.807, 2.05) is 19.1 Å². The molecule has 0 aliphatic heterocycles. The molecule has 0 spiro atoms.